The summed E-state index contributed by atoms with van der Waals surface area (Å²) in [6.07, 6.45) is 5.06. The molecule has 8 atom stereocenters. The van der Waals surface area contributed by atoms with Crippen LogP contribution in [0.15, 0.2) is 0 Å². The van der Waals surface area contributed by atoms with Gasteiger partial charge in [-0.1, -0.05) is 34.6 Å². The normalized spacial score (nSPS) is 43.7. The van der Waals surface area contributed by atoms with Crippen LogP contribution in [-0.2, 0) is 14.4 Å². The van der Waals surface area contributed by atoms with Gasteiger partial charge in [0.15, 0.2) is 5.78 Å². The Morgan fingerprint density at radius 2 is 1.83 bits per heavy atom. The number of ketones is 3. The molecular weight excluding hydrogens is 364 g/mol. The predicted octanol–water partition coefficient (Wildman–Crippen LogP) is 4.62. The Hall–Kier alpha value is -1.03. The first-order valence-corrected chi connectivity index (χ1v) is 11.7. The molecule has 0 spiro atoms. The number of fused-ring (bicyclic) bond motifs is 1. The molecular formula is C25H40O4. The summed E-state index contributed by atoms with van der Waals surface area (Å²) in [5, 5.41) is 11.6. The van der Waals surface area contributed by atoms with Crippen LogP contribution < -0.4 is 0 Å². The fraction of sp³-hybridized carbons (Fsp3) is 0.880. The topological polar surface area (TPSA) is 71.4 Å². The zero-order chi connectivity index (χ0) is 21.7. The van der Waals surface area contributed by atoms with Gasteiger partial charge < -0.3 is 5.11 Å². The molecule has 0 aromatic rings. The molecule has 3 aliphatic carbocycles. The van der Waals surface area contributed by atoms with Crippen LogP contribution in [0.4, 0.5) is 0 Å². The third-order valence-corrected chi connectivity index (χ3v) is 9.00. The average Bonchev–Trinajstić information content (AvgIpc) is 3.06. The number of hydrogen-bond acceptors (Lipinski definition) is 4. The summed E-state index contributed by atoms with van der Waals surface area (Å²) in [5.41, 5.74) is -1.49. The summed E-state index contributed by atoms with van der Waals surface area (Å²) in [6.45, 7) is 12.1. The number of Topliss-reactive ketones (excluding diaryl/α,β-unsaturated/α-hetero) is 3. The summed E-state index contributed by atoms with van der Waals surface area (Å²) in [7, 11) is 0. The molecule has 3 fully saturated rings. The van der Waals surface area contributed by atoms with Crippen LogP contribution in [-0.4, -0.2) is 28.1 Å². The minimum atomic E-state index is -1.35. The molecule has 164 valence electrons. The number of aliphatic hydroxyl groups is 1. The van der Waals surface area contributed by atoms with Gasteiger partial charge in [-0.15, -0.1) is 0 Å². The van der Waals surface area contributed by atoms with E-state index < -0.39 is 5.60 Å². The van der Waals surface area contributed by atoms with Crippen molar-refractivity contribution in [2.45, 2.75) is 92.1 Å². The summed E-state index contributed by atoms with van der Waals surface area (Å²) in [5.74, 6) is 1.34. The van der Waals surface area contributed by atoms with Gasteiger partial charge in [-0.2, -0.15) is 0 Å². The maximum absolute atomic E-state index is 12.8. The third kappa shape index (κ3) is 3.86. The minimum absolute atomic E-state index is 0.0564. The predicted molar refractivity (Wildman–Crippen MR) is 113 cm³/mol. The summed E-state index contributed by atoms with van der Waals surface area (Å²) >= 11 is 0. The third-order valence-electron chi connectivity index (χ3n) is 9.00. The Bertz CT molecular complexity index is 682. The van der Waals surface area contributed by atoms with Gasteiger partial charge >= 0.3 is 0 Å². The standard InChI is InChI=1S/C25H40O4/c1-14(2)23-20-12-25(29,17(5)26)19(11-24(20,6)13-22(23)28)16(4)7-9-18-15(3)8-10-21(18)27/h14-16,18-20,23,29H,7-13H2,1-6H3/t15-,16-,18-,19+,20-,23+,24-,25-/m1/s1. The molecule has 0 aromatic carbocycles. The van der Waals surface area contributed by atoms with Gasteiger partial charge in [0.1, 0.15) is 17.2 Å². The Labute approximate surface area is 176 Å². The number of rotatable bonds is 6. The zero-order valence-corrected chi connectivity index (χ0v) is 19.2. The summed E-state index contributed by atoms with van der Waals surface area (Å²) in [6, 6.07) is 0. The van der Waals surface area contributed by atoms with Crippen molar-refractivity contribution in [3.63, 3.8) is 0 Å². The van der Waals surface area contributed by atoms with Gasteiger partial charge in [-0.05, 0) is 74.0 Å². The van der Waals surface area contributed by atoms with E-state index in [4.69, 9.17) is 0 Å². The first kappa shape index (κ1) is 22.7. The molecule has 0 bridgehead atoms. The number of carbonyl (C=O) groups excluding carboxylic acids is 3. The van der Waals surface area contributed by atoms with Gasteiger partial charge in [-0.3, -0.25) is 14.4 Å². The van der Waals surface area contributed by atoms with E-state index in [1.165, 1.54) is 6.92 Å². The quantitative estimate of drug-likeness (QED) is 0.701. The van der Waals surface area contributed by atoms with Gasteiger partial charge in [0.25, 0.3) is 0 Å². The largest absolute Gasteiger partial charge is 0.382 e. The van der Waals surface area contributed by atoms with E-state index in [1.54, 1.807) is 0 Å². The highest BCUT2D eigenvalue weighted by molar-refractivity contribution is 5.88. The highest BCUT2D eigenvalue weighted by atomic mass is 16.3. The molecule has 0 amide bonds. The molecule has 4 heteroatoms. The SMILES string of the molecule is CC(=O)[C@]1(O)C[C@@H]2[C@H](C(C)C)C(=O)C[C@@]2(C)C[C@H]1[C@H](C)CC[C@H]1C(=O)CC[C@H]1C. The number of hydrogen-bond donors (Lipinski definition) is 1. The Morgan fingerprint density at radius 3 is 2.34 bits per heavy atom. The fourth-order valence-electron chi connectivity index (χ4n) is 7.14. The van der Waals surface area contributed by atoms with Gasteiger partial charge in [-0.25, -0.2) is 0 Å². The van der Waals surface area contributed by atoms with Crippen molar-refractivity contribution in [2.24, 2.45) is 46.8 Å². The first-order valence-electron chi connectivity index (χ1n) is 11.7. The molecule has 0 heterocycles. The van der Waals surface area contributed by atoms with E-state index >= 15 is 0 Å². The maximum atomic E-state index is 12.8. The van der Waals surface area contributed by atoms with Crippen molar-refractivity contribution in [1.82, 2.24) is 0 Å². The average molecular weight is 405 g/mol. The monoisotopic (exact) mass is 404 g/mol. The van der Waals surface area contributed by atoms with Crippen LogP contribution in [0.25, 0.3) is 0 Å². The molecule has 0 saturated heterocycles. The lowest BCUT2D eigenvalue weighted by Gasteiger charge is -2.52. The van der Waals surface area contributed by atoms with Crippen molar-refractivity contribution in [1.29, 1.82) is 0 Å². The van der Waals surface area contributed by atoms with E-state index in [0.717, 1.165) is 25.7 Å². The molecule has 29 heavy (non-hydrogen) atoms. The van der Waals surface area contributed by atoms with Crippen molar-refractivity contribution >= 4 is 17.3 Å². The number of carbonyl (C=O) groups is 3. The highest BCUT2D eigenvalue weighted by Crippen LogP contribution is 2.60. The molecule has 0 aromatic heterocycles. The molecule has 0 aliphatic heterocycles. The molecule has 1 N–H and O–H groups in total. The summed E-state index contributed by atoms with van der Waals surface area (Å²) in [4.78, 5) is 37.7. The Morgan fingerprint density at radius 1 is 1.17 bits per heavy atom. The molecule has 3 rings (SSSR count). The lowest BCUT2D eigenvalue weighted by Crippen LogP contribution is -2.56. The van der Waals surface area contributed by atoms with Crippen LogP contribution in [0.5, 0.6) is 0 Å². The highest BCUT2D eigenvalue weighted by Gasteiger charge is 2.61. The maximum Gasteiger partial charge on any atom is 0.161 e. The first-order chi connectivity index (χ1) is 13.4. The van der Waals surface area contributed by atoms with Crippen molar-refractivity contribution in [2.75, 3.05) is 0 Å². The van der Waals surface area contributed by atoms with Crippen molar-refractivity contribution in [3.8, 4) is 0 Å². The van der Waals surface area contributed by atoms with E-state index in [-0.39, 0.29) is 46.7 Å². The van der Waals surface area contributed by atoms with Crippen LogP contribution >= 0.6 is 0 Å². The van der Waals surface area contributed by atoms with Crippen LogP contribution in [0.2, 0.25) is 0 Å². The van der Waals surface area contributed by atoms with Crippen LogP contribution in [0.3, 0.4) is 0 Å². The molecule has 0 unspecified atom stereocenters. The zero-order valence-electron chi connectivity index (χ0n) is 19.2. The second kappa shape index (κ2) is 7.90. The van der Waals surface area contributed by atoms with E-state index in [2.05, 4.69) is 34.6 Å². The van der Waals surface area contributed by atoms with Crippen LogP contribution in [0.1, 0.15) is 86.5 Å². The second-order valence-corrected chi connectivity index (χ2v) is 11.3. The van der Waals surface area contributed by atoms with E-state index in [9.17, 15) is 19.5 Å². The molecule has 0 radical (unpaired) electrons. The van der Waals surface area contributed by atoms with Gasteiger partial charge in [0.05, 0.1) is 0 Å². The van der Waals surface area contributed by atoms with E-state index in [0.29, 0.717) is 36.7 Å². The second-order valence-electron chi connectivity index (χ2n) is 11.3. The molecule has 4 nitrogen and oxygen atoms in total. The van der Waals surface area contributed by atoms with Gasteiger partial charge in [0, 0.05) is 24.7 Å². The molecule has 3 saturated carbocycles. The lowest BCUT2D eigenvalue weighted by atomic mass is 9.54. The lowest BCUT2D eigenvalue weighted by molar-refractivity contribution is -0.163. The van der Waals surface area contributed by atoms with Crippen LogP contribution in [0, 0.1) is 46.8 Å². The summed E-state index contributed by atoms with van der Waals surface area (Å²) < 4.78 is 0. The fourth-order valence-corrected chi connectivity index (χ4v) is 7.14. The van der Waals surface area contributed by atoms with Crippen molar-refractivity contribution < 1.29 is 19.5 Å². The minimum Gasteiger partial charge on any atom is -0.382 e. The Kier molecular flexibility index (Phi) is 6.17. The van der Waals surface area contributed by atoms with Gasteiger partial charge in [0.2, 0.25) is 0 Å². The van der Waals surface area contributed by atoms with Crippen molar-refractivity contribution in [3.05, 3.63) is 0 Å². The molecule has 3 aliphatic rings. The van der Waals surface area contributed by atoms with E-state index in [1.807, 2.05) is 0 Å². The smallest absolute Gasteiger partial charge is 0.161 e. The Balaban J connectivity index is 1.81.